The van der Waals surface area contributed by atoms with Crippen LogP contribution in [0.1, 0.15) is 12.8 Å². The van der Waals surface area contributed by atoms with Crippen molar-refractivity contribution >= 4 is 11.8 Å². The molecular weight excluding hydrogens is 274 g/mol. The summed E-state index contributed by atoms with van der Waals surface area (Å²) in [6.07, 6.45) is 2.16. The summed E-state index contributed by atoms with van der Waals surface area (Å²) in [5, 5.41) is 9.39. The molecule has 0 bridgehead atoms. The van der Waals surface area contributed by atoms with Gasteiger partial charge in [-0.25, -0.2) is 4.79 Å². The van der Waals surface area contributed by atoms with Crippen LogP contribution < -0.4 is 16.1 Å². The molecule has 21 heavy (non-hydrogen) atoms. The van der Waals surface area contributed by atoms with Crippen LogP contribution in [0.3, 0.4) is 0 Å². The van der Waals surface area contributed by atoms with Gasteiger partial charge in [0.1, 0.15) is 5.82 Å². The standard InChI is InChI=1S/C14H19N3O4/c1-15-11(5-12(18)16(2)14(15)21)17-6-9(8-3-4-8)10(7-17)13(19)20/h5,8-10H,3-4,6-7H2,1-2H3,(H,19,20)/t9-,10+/m0/s1. The highest BCUT2D eigenvalue weighted by atomic mass is 16.4. The van der Waals surface area contributed by atoms with E-state index >= 15 is 0 Å². The Kier molecular flexibility index (Phi) is 3.15. The zero-order valence-electron chi connectivity index (χ0n) is 12.2. The predicted molar refractivity (Wildman–Crippen MR) is 76.5 cm³/mol. The van der Waals surface area contributed by atoms with Crippen molar-refractivity contribution in [2.75, 3.05) is 18.0 Å². The summed E-state index contributed by atoms with van der Waals surface area (Å²) in [7, 11) is 3.04. The average Bonchev–Trinajstić information content (AvgIpc) is 3.19. The Hall–Kier alpha value is -2.05. The lowest BCUT2D eigenvalue weighted by molar-refractivity contribution is -0.142. The minimum Gasteiger partial charge on any atom is -0.481 e. The van der Waals surface area contributed by atoms with E-state index in [-0.39, 0.29) is 17.2 Å². The number of rotatable bonds is 3. The lowest BCUT2D eigenvalue weighted by Gasteiger charge is -2.21. The van der Waals surface area contributed by atoms with Gasteiger partial charge in [0.15, 0.2) is 0 Å². The van der Waals surface area contributed by atoms with Crippen molar-refractivity contribution in [3.8, 4) is 0 Å². The Bertz CT molecular complexity index is 701. The van der Waals surface area contributed by atoms with Crippen LogP contribution in [0, 0.1) is 17.8 Å². The van der Waals surface area contributed by atoms with Gasteiger partial charge >= 0.3 is 11.7 Å². The number of nitrogens with zero attached hydrogens (tertiary/aromatic N) is 3. The molecule has 0 unspecified atom stereocenters. The molecule has 1 aromatic heterocycles. The monoisotopic (exact) mass is 293 g/mol. The molecule has 0 amide bonds. The molecule has 0 radical (unpaired) electrons. The second-order valence-electron chi connectivity index (χ2n) is 6.09. The van der Waals surface area contributed by atoms with E-state index in [4.69, 9.17) is 0 Å². The SMILES string of the molecule is Cn1c(N2C[C@@H](C(=O)O)[C@H](C3CC3)C2)cc(=O)n(C)c1=O. The summed E-state index contributed by atoms with van der Waals surface area (Å²) in [5.41, 5.74) is -0.755. The van der Waals surface area contributed by atoms with Gasteiger partial charge in [-0.1, -0.05) is 0 Å². The first-order valence-corrected chi connectivity index (χ1v) is 7.15. The molecule has 1 aliphatic heterocycles. The second kappa shape index (κ2) is 4.75. The molecule has 114 valence electrons. The number of carbonyl (C=O) groups is 1. The van der Waals surface area contributed by atoms with Crippen molar-refractivity contribution in [3.05, 3.63) is 26.9 Å². The second-order valence-corrected chi connectivity index (χ2v) is 6.09. The molecule has 0 spiro atoms. The first kappa shape index (κ1) is 13.9. The zero-order chi connectivity index (χ0) is 15.3. The van der Waals surface area contributed by atoms with Crippen molar-refractivity contribution in [3.63, 3.8) is 0 Å². The quantitative estimate of drug-likeness (QED) is 0.822. The van der Waals surface area contributed by atoms with Crippen LogP contribution in [0.15, 0.2) is 15.7 Å². The molecule has 1 aromatic rings. The van der Waals surface area contributed by atoms with Crippen molar-refractivity contribution in [1.82, 2.24) is 9.13 Å². The Labute approximate surface area is 121 Å². The van der Waals surface area contributed by atoms with Gasteiger partial charge < -0.3 is 10.0 Å². The number of hydrogen-bond donors (Lipinski definition) is 1. The fourth-order valence-electron chi connectivity index (χ4n) is 3.30. The average molecular weight is 293 g/mol. The van der Waals surface area contributed by atoms with Crippen LogP contribution >= 0.6 is 0 Å². The van der Waals surface area contributed by atoms with Crippen LogP contribution in [-0.2, 0) is 18.9 Å². The highest BCUT2D eigenvalue weighted by Crippen LogP contribution is 2.44. The molecule has 2 atom stereocenters. The Morgan fingerprint density at radius 3 is 2.43 bits per heavy atom. The third kappa shape index (κ3) is 2.26. The zero-order valence-corrected chi connectivity index (χ0v) is 12.2. The molecule has 1 aliphatic carbocycles. The van der Waals surface area contributed by atoms with Crippen molar-refractivity contribution in [1.29, 1.82) is 0 Å². The van der Waals surface area contributed by atoms with Gasteiger partial charge in [0.2, 0.25) is 0 Å². The van der Waals surface area contributed by atoms with Gasteiger partial charge in [-0.05, 0) is 24.7 Å². The number of carboxylic acids is 1. The number of hydrogen-bond acceptors (Lipinski definition) is 4. The van der Waals surface area contributed by atoms with Gasteiger partial charge in [0.25, 0.3) is 5.56 Å². The van der Waals surface area contributed by atoms with Gasteiger partial charge in [-0.2, -0.15) is 0 Å². The normalized spacial score (nSPS) is 25.3. The number of anilines is 1. The van der Waals surface area contributed by atoms with E-state index in [2.05, 4.69) is 0 Å². The third-order valence-corrected chi connectivity index (χ3v) is 4.73. The Morgan fingerprint density at radius 1 is 1.19 bits per heavy atom. The van der Waals surface area contributed by atoms with Crippen LogP contribution in [-0.4, -0.2) is 33.3 Å². The maximum atomic E-state index is 12.0. The highest BCUT2D eigenvalue weighted by molar-refractivity contribution is 5.72. The highest BCUT2D eigenvalue weighted by Gasteiger charge is 2.46. The van der Waals surface area contributed by atoms with Crippen LogP contribution in [0.25, 0.3) is 0 Å². The van der Waals surface area contributed by atoms with Crippen molar-refractivity contribution < 1.29 is 9.90 Å². The molecule has 7 nitrogen and oxygen atoms in total. The molecule has 7 heteroatoms. The minimum absolute atomic E-state index is 0.113. The topological polar surface area (TPSA) is 84.5 Å². The first-order chi connectivity index (χ1) is 9.90. The molecule has 2 fully saturated rings. The van der Waals surface area contributed by atoms with Crippen LogP contribution in [0.2, 0.25) is 0 Å². The smallest absolute Gasteiger partial charge is 0.332 e. The molecule has 3 rings (SSSR count). The first-order valence-electron chi connectivity index (χ1n) is 7.15. The Balaban J connectivity index is 1.97. The number of aliphatic carboxylic acids is 1. The molecule has 2 heterocycles. The van der Waals surface area contributed by atoms with Gasteiger partial charge in [0, 0.05) is 33.3 Å². The largest absolute Gasteiger partial charge is 0.481 e. The van der Waals surface area contributed by atoms with Crippen LogP contribution in [0.4, 0.5) is 5.82 Å². The lowest BCUT2D eigenvalue weighted by atomic mass is 9.92. The fraction of sp³-hybridized carbons (Fsp3) is 0.643. The molecule has 1 N–H and O–H groups in total. The minimum atomic E-state index is -0.789. The molecule has 2 aliphatic rings. The van der Waals surface area contributed by atoms with Gasteiger partial charge in [-0.3, -0.25) is 18.7 Å². The van der Waals surface area contributed by atoms with Gasteiger partial charge in [-0.15, -0.1) is 0 Å². The molecule has 0 aromatic carbocycles. The summed E-state index contributed by atoms with van der Waals surface area (Å²) >= 11 is 0. The summed E-state index contributed by atoms with van der Waals surface area (Å²) in [6, 6.07) is 1.41. The van der Waals surface area contributed by atoms with E-state index in [9.17, 15) is 19.5 Å². The third-order valence-electron chi connectivity index (χ3n) is 4.73. The van der Waals surface area contributed by atoms with Gasteiger partial charge in [0.05, 0.1) is 5.92 Å². The van der Waals surface area contributed by atoms with Crippen LogP contribution in [0.5, 0.6) is 0 Å². The number of aromatic nitrogens is 2. The predicted octanol–water partition coefficient (Wildman–Crippen LogP) is -0.369. The van der Waals surface area contributed by atoms with E-state index in [0.717, 1.165) is 17.4 Å². The summed E-state index contributed by atoms with van der Waals surface area (Å²) in [5.74, 6) is -0.112. The van der Waals surface area contributed by atoms with E-state index in [1.165, 1.54) is 17.7 Å². The molecule has 1 saturated carbocycles. The van der Waals surface area contributed by atoms with E-state index in [0.29, 0.717) is 24.8 Å². The molecular formula is C14H19N3O4. The maximum absolute atomic E-state index is 12.0. The summed E-state index contributed by atoms with van der Waals surface area (Å²) in [4.78, 5) is 37.1. The maximum Gasteiger partial charge on any atom is 0.332 e. The van der Waals surface area contributed by atoms with Crippen molar-refractivity contribution in [2.45, 2.75) is 12.8 Å². The van der Waals surface area contributed by atoms with E-state index in [1.807, 2.05) is 4.90 Å². The Morgan fingerprint density at radius 2 is 1.86 bits per heavy atom. The summed E-state index contributed by atoms with van der Waals surface area (Å²) in [6.45, 7) is 0.957. The summed E-state index contributed by atoms with van der Waals surface area (Å²) < 4.78 is 2.46. The fourth-order valence-corrected chi connectivity index (χ4v) is 3.30. The molecule has 1 saturated heterocycles. The lowest BCUT2D eigenvalue weighted by Crippen LogP contribution is -2.40. The van der Waals surface area contributed by atoms with E-state index < -0.39 is 11.9 Å². The van der Waals surface area contributed by atoms with Crippen molar-refractivity contribution in [2.24, 2.45) is 31.8 Å². The number of carboxylic acid groups (broad SMARTS) is 1. The van der Waals surface area contributed by atoms with E-state index in [1.54, 1.807) is 7.05 Å².